The highest BCUT2D eigenvalue weighted by atomic mass is 16.3. The van der Waals surface area contributed by atoms with Crippen molar-refractivity contribution in [3.63, 3.8) is 0 Å². The fourth-order valence-corrected chi connectivity index (χ4v) is 6.82. The van der Waals surface area contributed by atoms with E-state index in [4.69, 9.17) is 4.42 Å². The minimum atomic E-state index is 0.810. The summed E-state index contributed by atoms with van der Waals surface area (Å²) in [7, 11) is 0. The van der Waals surface area contributed by atoms with E-state index in [1.165, 1.54) is 55.6 Å². The Kier molecular flexibility index (Phi) is 5.23. The van der Waals surface area contributed by atoms with Crippen molar-refractivity contribution in [2.75, 3.05) is 0 Å². The van der Waals surface area contributed by atoms with E-state index in [0.717, 1.165) is 33.2 Å². The van der Waals surface area contributed by atoms with Gasteiger partial charge in [-0.1, -0.05) is 127 Å². The van der Waals surface area contributed by atoms with Crippen LogP contribution < -0.4 is 0 Å². The van der Waals surface area contributed by atoms with Crippen LogP contribution in [-0.2, 0) is 0 Å². The Labute approximate surface area is 249 Å². The Morgan fingerprint density at radius 3 is 1.53 bits per heavy atom. The van der Waals surface area contributed by atoms with Crippen LogP contribution in [0.3, 0.4) is 0 Å². The predicted octanol–water partition coefficient (Wildman–Crippen LogP) is 11.3. The van der Waals surface area contributed by atoms with Gasteiger partial charge in [0.25, 0.3) is 0 Å². The summed E-state index contributed by atoms with van der Waals surface area (Å²) in [4.78, 5) is 4.57. The van der Waals surface area contributed by atoms with Gasteiger partial charge in [0.05, 0.1) is 0 Å². The number of furan rings is 1. The van der Waals surface area contributed by atoms with Crippen LogP contribution in [-0.4, -0.2) is 4.98 Å². The molecule has 0 saturated heterocycles. The van der Waals surface area contributed by atoms with Crippen LogP contribution in [0.15, 0.2) is 156 Å². The highest BCUT2D eigenvalue weighted by Gasteiger charge is 2.23. The van der Waals surface area contributed by atoms with Gasteiger partial charge in [-0.3, -0.25) is 4.98 Å². The molecule has 1 aliphatic carbocycles. The van der Waals surface area contributed by atoms with Crippen LogP contribution in [0.5, 0.6) is 0 Å². The molecular formula is C41H25NO. The quantitative estimate of drug-likeness (QED) is 0.215. The van der Waals surface area contributed by atoms with Gasteiger partial charge in [0.2, 0.25) is 0 Å². The maximum Gasteiger partial charge on any atom is 0.153 e. The van der Waals surface area contributed by atoms with Crippen molar-refractivity contribution in [3.05, 3.63) is 152 Å². The molecule has 0 aliphatic heterocycles. The summed E-state index contributed by atoms with van der Waals surface area (Å²) in [6, 6.07) is 52.2. The Morgan fingerprint density at radius 2 is 0.860 bits per heavy atom. The van der Waals surface area contributed by atoms with Gasteiger partial charge in [0.1, 0.15) is 11.1 Å². The van der Waals surface area contributed by atoms with Crippen LogP contribution in [0.25, 0.3) is 88.8 Å². The molecule has 0 atom stereocenters. The molecule has 0 amide bonds. The minimum absolute atomic E-state index is 0.810. The third-order valence-corrected chi connectivity index (χ3v) is 8.75. The van der Waals surface area contributed by atoms with Crippen LogP contribution in [0.1, 0.15) is 0 Å². The van der Waals surface area contributed by atoms with Gasteiger partial charge in [-0.25, -0.2) is 0 Å². The van der Waals surface area contributed by atoms with E-state index in [9.17, 15) is 0 Å². The second-order valence-electron chi connectivity index (χ2n) is 11.1. The number of fused-ring (bicyclic) bond motifs is 11. The molecule has 0 unspecified atom stereocenters. The van der Waals surface area contributed by atoms with E-state index >= 15 is 0 Å². The Balaban J connectivity index is 1.25. The number of hydrogen-bond acceptors (Lipinski definition) is 2. The van der Waals surface area contributed by atoms with E-state index in [2.05, 4.69) is 138 Å². The molecule has 0 bridgehead atoms. The lowest BCUT2D eigenvalue weighted by Gasteiger charge is -2.25. The molecule has 1 aliphatic rings. The lowest BCUT2D eigenvalue weighted by Crippen LogP contribution is -1.98. The fraction of sp³-hybridized carbons (Fsp3) is 0. The number of aromatic nitrogens is 1. The van der Waals surface area contributed by atoms with E-state index in [-0.39, 0.29) is 0 Å². The van der Waals surface area contributed by atoms with Crippen LogP contribution in [0, 0.1) is 0 Å². The van der Waals surface area contributed by atoms with Crippen molar-refractivity contribution in [1.82, 2.24) is 4.98 Å². The van der Waals surface area contributed by atoms with Crippen molar-refractivity contribution >= 4 is 22.1 Å². The highest BCUT2D eigenvalue weighted by molar-refractivity contribution is 6.09. The predicted molar refractivity (Wildman–Crippen MR) is 178 cm³/mol. The average molecular weight is 548 g/mol. The molecule has 0 N–H and O–H groups in total. The normalized spacial score (nSPS) is 11.7. The van der Waals surface area contributed by atoms with E-state index in [0.29, 0.717) is 0 Å². The lowest BCUT2D eigenvalue weighted by molar-refractivity contribution is 0.669. The molecule has 0 spiro atoms. The maximum atomic E-state index is 6.29. The standard InChI is InChI=1S/C41H25NO/c1-2-11-31-30(10-1)32-12-3-4-13-34(32)36-18-7-16-28(39(36)35-15-6-5-14-33(31)35)26-21-23-27(24-22-26)29-17-8-19-37-40-38(43-41(29)37)20-9-25-42-40/h1-25H. The summed E-state index contributed by atoms with van der Waals surface area (Å²) in [6.45, 7) is 0. The lowest BCUT2D eigenvalue weighted by atomic mass is 9.78. The van der Waals surface area contributed by atoms with Gasteiger partial charge < -0.3 is 4.42 Å². The highest BCUT2D eigenvalue weighted by Crippen LogP contribution is 2.50. The molecule has 8 aromatic rings. The SMILES string of the molecule is c1ccc2c(c1)-c1ccccc1-c1cccc(-c3ccc(-c4cccc5c4oc4cccnc45)cc3)c1-c1ccccc1-2. The zero-order chi connectivity index (χ0) is 28.3. The molecule has 2 heteroatoms. The van der Waals surface area contributed by atoms with Crippen molar-refractivity contribution < 1.29 is 4.42 Å². The van der Waals surface area contributed by atoms with Gasteiger partial charge in [-0.05, 0) is 79.4 Å². The first kappa shape index (κ1) is 23.9. The van der Waals surface area contributed by atoms with Crippen molar-refractivity contribution in [1.29, 1.82) is 0 Å². The van der Waals surface area contributed by atoms with Crippen molar-refractivity contribution in [2.45, 2.75) is 0 Å². The number of pyridine rings is 1. The molecule has 2 heterocycles. The first-order chi connectivity index (χ1) is 21.3. The van der Waals surface area contributed by atoms with Crippen molar-refractivity contribution in [2.24, 2.45) is 0 Å². The third kappa shape index (κ3) is 3.63. The summed E-state index contributed by atoms with van der Waals surface area (Å²) in [6.07, 6.45) is 1.82. The molecule has 9 rings (SSSR count). The van der Waals surface area contributed by atoms with Gasteiger partial charge in [0.15, 0.2) is 5.58 Å². The summed E-state index contributed by atoms with van der Waals surface area (Å²) in [5.41, 5.74) is 17.2. The number of hydrogen-bond donors (Lipinski definition) is 0. The molecule has 2 aromatic heterocycles. The largest absolute Gasteiger partial charge is 0.454 e. The zero-order valence-corrected chi connectivity index (χ0v) is 23.3. The van der Waals surface area contributed by atoms with Crippen LogP contribution >= 0.6 is 0 Å². The smallest absolute Gasteiger partial charge is 0.153 e. The Morgan fingerprint density at radius 1 is 0.372 bits per heavy atom. The molecule has 6 aromatic carbocycles. The molecule has 2 nitrogen and oxygen atoms in total. The van der Waals surface area contributed by atoms with Gasteiger partial charge >= 0.3 is 0 Å². The average Bonchev–Trinajstić information content (AvgIpc) is 3.47. The number of nitrogens with zero attached hydrogens (tertiary/aromatic N) is 1. The third-order valence-electron chi connectivity index (χ3n) is 8.75. The maximum absolute atomic E-state index is 6.29. The topological polar surface area (TPSA) is 26.0 Å². The monoisotopic (exact) mass is 547 g/mol. The minimum Gasteiger partial charge on any atom is -0.454 e. The molecule has 0 radical (unpaired) electrons. The van der Waals surface area contributed by atoms with E-state index < -0.39 is 0 Å². The van der Waals surface area contributed by atoms with Gasteiger partial charge in [-0.15, -0.1) is 0 Å². The first-order valence-electron chi connectivity index (χ1n) is 14.6. The van der Waals surface area contributed by atoms with E-state index in [1.54, 1.807) is 0 Å². The molecule has 0 saturated carbocycles. The molecular weight excluding hydrogens is 522 g/mol. The van der Waals surface area contributed by atoms with Crippen LogP contribution in [0.4, 0.5) is 0 Å². The number of rotatable bonds is 2. The Bertz CT molecular complexity index is 2340. The van der Waals surface area contributed by atoms with E-state index in [1.807, 2.05) is 18.3 Å². The summed E-state index contributed by atoms with van der Waals surface area (Å²) >= 11 is 0. The summed E-state index contributed by atoms with van der Waals surface area (Å²) in [5, 5.41) is 1.04. The van der Waals surface area contributed by atoms with Gasteiger partial charge in [-0.2, -0.15) is 0 Å². The second-order valence-corrected chi connectivity index (χ2v) is 11.1. The molecule has 0 fully saturated rings. The molecule has 43 heavy (non-hydrogen) atoms. The summed E-state index contributed by atoms with van der Waals surface area (Å²) < 4.78 is 6.29. The van der Waals surface area contributed by atoms with Gasteiger partial charge in [0, 0.05) is 17.1 Å². The number of benzene rings is 6. The molecule has 200 valence electrons. The number of para-hydroxylation sites is 1. The van der Waals surface area contributed by atoms with Crippen LogP contribution in [0.2, 0.25) is 0 Å². The fourth-order valence-electron chi connectivity index (χ4n) is 6.82. The van der Waals surface area contributed by atoms with Crippen molar-refractivity contribution in [3.8, 4) is 66.8 Å². The Hall–Kier alpha value is -5.73. The second kappa shape index (κ2) is 9.40. The first-order valence-corrected chi connectivity index (χ1v) is 14.6. The summed E-state index contributed by atoms with van der Waals surface area (Å²) in [5.74, 6) is 0. The zero-order valence-electron chi connectivity index (χ0n) is 23.3.